The van der Waals surface area contributed by atoms with Crippen molar-refractivity contribution in [3.63, 3.8) is 0 Å². The first-order chi connectivity index (χ1) is 9.47. The molecule has 1 aromatic carbocycles. The first kappa shape index (κ1) is 15.4. The number of nitrogens with two attached hydrogens (primary N) is 1. The molecule has 1 amide bonds. The molecule has 2 rings (SSSR count). The fourth-order valence-corrected chi connectivity index (χ4v) is 3.78. The van der Waals surface area contributed by atoms with E-state index in [1.807, 2.05) is 6.92 Å². The summed E-state index contributed by atoms with van der Waals surface area (Å²) in [5.74, 6) is 0.0562. The topological polar surface area (TPSA) is 68.0 Å². The Morgan fingerprint density at radius 3 is 2.65 bits per heavy atom. The minimum atomic E-state index is -0.184. The molecule has 0 aliphatic carbocycles. The average Bonchev–Trinajstić information content (AvgIpc) is 2.70. The van der Waals surface area contributed by atoms with Crippen LogP contribution >= 0.6 is 46.3 Å². The molecule has 0 unspecified atom stereocenters. The number of benzene rings is 1. The number of aromatic nitrogens is 1. The van der Waals surface area contributed by atoms with E-state index in [1.165, 1.54) is 23.1 Å². The molecule has 0 aliphatic rings. The van der Waals surface area contributed by atoms with Crippen molar-refractivity contribution in [2.24, 2.45) is 0 Å². The zero-order valence-corrected chi connectivity index (χ0v) is 13.6. The maximum atomic E-state index is 11.9. The molecule has 20 heavy (non-hydrogen) atoms. The molecule has 0 saturated heterocycles. The Balaban J connectivity index is 1.98. The fourth-order valence-electron chi connectivity index (χ4n) is 1.46. The van der Waals surface area contributed by atoms with Gasteiger partial charge >= 0.3 is 0 Å². The quantitative estimate of drug-likeness (QED) is 0.818. The first-order valence-corrected chi connectivity index (χ1v) is 8.12. The van der Waals surface area contributed by atoms with Crippen molar-refractivity contribution in [3.8, 4) is 0 Å². The Kier molecular flexibility index (Phi) is 5.15. The molecule has 106 valence electrons. The predicted octanol–water partition coefficient (Wildman–Crippen LogP) is 4.07. The van der Waals surface area contributed by atoms with Crippen molar-refractivity contribution in [1.29, 1.82) is 0 Å². The molecule has 0 atom stereocenters. The molecular weight excluding hydrogens is 337 g/mol. The molecule has 0 saturated carbocycles. The van der Waals surface area contributed by atoms with E-state index in [0.717, 1.165) is 9.90 Å². The van der Waals surface area contributed by atoms with Crippen LogP contribution in [0.5, 0.6) is 0 Å². The van der Waals surface area contributed by atoms with Crippen molar-refractivity contribution >= 4 is 63.0 Å². The van der Waals surface area contributed by atoms with Gasteiger partial charge in [0, 0.05) is 0 Å². The summed E-state index contributed by atoms with van der Waals surface area (Å²) >= 11 is 14.7. The Hall–Kier alpha value is -0.950. The number of para-hydroxylation sites is 1. The largest absolute Gasteiger partial charge is 0.375 e. The number of nitrogens with one attached hydrogen (secondary N) is 1. The molecule has 0 bridgehead atoms. The normalized spacial score (nSPS) is 10.6. The van der Waals surface area contributed by atoms with Crippen LogP contribution in [0.1, 0.15) is 5.69 Å². The Labute approximate surface area is 134 Å². The molecule has 2 aromatic rings. The van der Waals surface area contributed by atoms with Gasteiger partial charge in [0.1, 0.15) is 0 Å². The van der Waals surface area contributed by atoms with Crippen molar-refractivity contribution in [2.45, 2.75) is 11.1 Å². The molecule has 1 aromatic heterocycles. The summed E-state index contributed by atoms with van der Waals surface area (Å²) in [5.41, 5.74) is 6.87. The second kappa shape index (κ2) is 6.67. The summed E-state index contributed by atoms with van der Waals surface area (Å²) in [6, 6.07) is 5.06. The summed E-state index contributed by atoms with van der Waals surface area (Å²) in [6.07, 6.45) is 0. The lowest BCUT2D eigenvalue weighted by atomic mass is 10.3. The van der Waals surface area contributed by atoms with E-state index in [4.69, 9.17) is 28.9 Å². The van der Waals surface area contributed by atoms with Crippen molar-refractivity contribution in [2.75, 3.05) is 16.8 Å². The summed E-state index contributed by atoms with van der Waals surface area (Å²) < 4.78 is 0.933. The number of thiazole rings is 1. The Morgan fingerprint density at radius 2 is 2.10 bits per heavy atom. The first-order valence-electron chi connectivity index (χ1n) is 5.57. The molecule has 0 aliphatic heterocycles. The standard InChI is InChI=1S/C12H11Cl2N3OS2/c1-6-11(20-12(15)16-6)19-5-9(18)17-10-7(13)3-2-4-8(10)14/h2-4H,5H2,1H3,(H2,15,16)(H,17,18). The van der Waals surface area contributed by atoms with Gasteiger partial charge < -0.3 is 11.1 Å². The van der Waals surface area contributed by atoms with Gasteiger partial charge in [0.2, 0.25) is 5.91 Å². The predicted molar refractivity (Wildman–Crippen MR) is 87.1 cm³/mol. The van der Waals surface area contributed by atoms with Gasteiger partial charge in [-0.3, -0.25) is 4.79 Å². The van der Waals surface area contributed by atoms with Crippen LogP contribution in [0.3, 0.4) is 0 Å². The second-order valence-electron chi connectivity index (χ2n) is 3.86. The number of hydrogen-bond acceptors (Lipinski definition) is 5. The van der Waals surface area contributed by atoms with E-state index in [-0.39, 0.29) is 11.7 Å². The van der Waals surface area contributed by atoms with Gasteiger partial charge in [-0.15, -0.1) is 11.8 Å². The summed E-state index contributed by atoms with van der Waals surface area (Å²) in [4.78, 5) is 16.0. The summed E-state index contributed by atoms with van der Waals surface area (Å²) in [7, 11) is 0. The van der Waals surface area contributed by atoms with E-state index in [2.05, 4.69) is 10.3 Å². The van der Waals surface area contributed by atoms with Crippen LogP contribution in [0.25, 0.3) is 0 Å². The zero-order chi connectivity index (χ0) is 14.7. The molecule has 0 radical (unpaired) electrons. The van der Waals surface area contributed by atoms with Crippen LogP contribution in [0.4, 0.5) is 10.8 Å². The van der Waals surface area contributed by atoms with Crippen molar-refractivity contribution in [1.82, 2.24) is 4.98 Å². The summed E-state index contributed by atoms with van der Waals surface area (Å²) in [5, 5.41) is 4.03. The van der Waals surface area contributed by atoms with Crippen LogP contribution in [-0.2, 0) is 4.79 Å². The minimum absolute atomic E-state index is 0.184. The number of nitrogens with zero attached hydrogens (tertiary/aromatic N) is 1. The monoisotopic (exact) mass is 347 g/mol. The van der Waals surface area contributed by atoms with Gasteiger partial charge in [-0.2, -0.15) is 0 Å². The number of aryl methyl sites for hydroxylation is 1. The average molecular weight is 348 g/mol. The van der Waals surface area contributed by atoms with Crippen LogP contribution in [0.2, 0.25) is 10.0 Å². The van der Waals surface area contributed by atoms with Crippen LogP contribution in [0.15, 0.2) is 22.4 Å². The van der Waals surface area contributed by atoms with Gasteiger partial charge in [-0.1, -0.05) is 40.6 Å². The highest BCUT2D eigenvalue weighted by molar-refractivity contribution is 8.01. The number of carbonyl (C=O) groups is 1. The third-order valence-corrected chi connectivity index (χ3v) is 5.31. The van der Waals surface area contributed by atoms with Crippen LogP contribution < -0.4 is 11.1 Å². The highest BCUT2D eigenvalue weighted by Crippen LogP contribution is 2.32. The minimum Gasteiger partial charge on any atom is -0.375 e. The number of thioether (sulfide) groups is 1. The molecule has 4 nitrogen and oxygen atoms in total. The molecular formula is C12H11Cl2N3OS2. The van der Waals surface area contributed by atoms with E-state index in [1.54, 1.807) is 18.2 Å². The highest BCUT2D eigenvalue weighted by atomic mass is 35.5. The number of amides is 1. The van der Waals surface area contributed by atoms with Gasteiger partial charge in [0.05, 0.1) is 31.4 Å². The smallest absolute Gasteiger partial charge is 0.234 e. The molecule has 3 N–H and O–H groups in total. The lowest BCUT2D eigenvalue weighted by molar-refractivity contribution is -0.113. The number of hydrogen-bond donors (Lipinski definition) is 2. The zero-order valence-electron chi connectivity index (χ0n) is 10.4. The number of anilines is 2. The van der Waals surface area contributed by atoms with E-state index in [0.29, 0.717) is 20.9 Å². The molecule has 8 heteroatoms. The maximum absolute atomic E-state index is 11.9. The molecule has 0 fully saturated rings. The van der Waals surface area contributed by atoms with Gasteiger partial charge in [-0.05, 0) is 19.1 Å². The number of nitrogen functional groups attached to an aromatic ring is 1. The Morgan fingerprint density at radius 1 is 1.45 bits per heavy atom. The number of rotatable bonds is 4. The highest BCUT2D eigenvalue weighted by Gasteiger charge is 2.12. The van der Waals surface area contributed by atoms with Crippen molar-refractivity contribution in [3.05, 3.63) is 33.9 Å². The third kappa shape index (κ3) is 3.79. The maximum Gasteiger partial charge on any atom is 0.234 e. The molecule has 0 spiro atoms. The fraction of sp³-hybridized carbons (Fsp3) is 0.167. The second-order valence-corrected chi connectivity index (χ2v) is 6.95. The van der Waals surface area contributed by atoms with E-state index >= 15 is 0 Å². The molecule has 1 heterocycles. The number of carbonyl (C=O) groups excluding carboxylic acids is 1. The van der Waals surface area contributed by atoms with E-state index in [9.17, 15) is 4.79 Å². The van der Waals surface area contributed by atoms with Gasteiger partial charge in [-0.25, -0.2) is 4.98 Å². The van der Waals surface area contributed by atoms with Gasteiger partial charge in [0.25, 0.3) is 0 Å². The lowest BCUT2D eigenvalue weighted by Gasteiger charge is -2.08. The number of halogens is 2. The van der Waals surface area contributed by atoms with Crippen LogP contribution in [-0.4, -0.2) is 16.6 Å². The van der Waals surface area contributed by atoms with E-state index < -0.39 is 0 Å². The SMILES string of the molecule is Cc1nc(N)sc1SCC(=O)Nc1c(Cl)cccc1Cl. The Bertz CT molecular complexity index is 625. The van der Waals surface area contributed by atoms with Gasteiger partial charge in [0.15, 0.2) is 5.13 Å². The summed E-state index contributed by atoms with van der Waals surface area (Å²) in [6.45, 7) is 1.86. The van der Waals surface area contributed by atoms with Crippen molar-refractivity contribution < 1.29 is 4.79 Å². The third-order valence-electron chi connectivity index (χ3n) is 2.33. The van der Waals surface area contributed by atoms with Crippen LogP contribution in [0, 0.1) is 6.92 Å². The lowest BCUT2D eigenvalue weighted by Crippen LogP contribution is -2.14.